The van der Waals surface area contributed by atoms with Gasteiger partial charge in [-0.2, -0.15) is 0 Å². The van der Waals surface area contributed by atoms with Gasteiger partial charge in [0.15, 0.2) is 0 Å². The summed E-state index contributed by atoms with van der Waals surface area (Å²) in [4.78, 5) is 0. The smallest absolute Gasteiger partial charge is 0.00200 e. The minimum atomic E-state index is 0.373. The van der Waals surface area contributed by atoms with E-state index in [1.54, 1.807) is 0 Å². The first kappa shape index (κ1) is 36.3. The van der Waals surface area contributed by atoms with E-state index >= 15 is 0 Å². The Kier molecular flexibility index (Phi) is 9.47. The van der Waals surface area contributed by atoms with Gasteiger partial charge in [0.25, 0.3) is 0 Å². The molecule has 1 unspecified atom stereocenters. The first-order valence-corrected chi connectivity index (χ1v) is 21.0. The summed E-state index contributed by atoms with van der Waals surface area (Å²) in [7, 11) is 0. The first-order chi connectivity index (χ1) is 29.1. The molecule has 0 saturated carbocycles. The average Bonchev–Trinajstić information content (AvgIpc) is 3.30. The van der Waals surface area contributed by atoms with Crippen LogP contribution in [-0.4, -0.2) is 0 Å². The average molecular weight is 755 g/mol. The summed E-state index contributed by atoms with van der Waals surface area (Å²) in [5.74, 6) is 0.373. The highest BCUT2D eigenvalue weighted by molar-refractivity contribution is 6.25. The zero-order chi connectivity index (χ0) is 39.9. The molecule has 0 bridgehead atoms. The molecule has 0 aromatic heterocycles. The normalized spacial score (nSPS) is 12.0. The molecule has 10 aromatic carbocycles. The molecule has 0 heterocycles. The number of benzene rings is 10. The molecule has 0 fully saturated rings. The van der Waals surface area contributed by atoms with Crippen LogP contribution in [0.5, 0.6) is 0 Å². The third-order valence-electron chi connectivity index (χ3n) is 12.5. The lowest BCUT2D eigenvalue weighted by Crippen LogP contribution is -2.01. The maximum atomic E-state index is 2.38. The topological polar surface area (TPSA) is 0 Å². The second kappa shape index (κ2) is 15.4. The summed E-state index contributed by atoms with van der Waals surface area (Å²) in [6.07, 6.45) is 1.05. The fraction of sp³-hybridized carbons (Fsp3) is 0.0847. The molecule has 10 aromatic rings. The van der Waals surface area contributed by atoms with Crippen LogP contribution in [0.4, 0.5) is 0 Å². The van der Waals surface area contributed by atoms with E-state index in [2.05, 4.69) is 227 Å². The molecule has 282 valence electrons. The highest BCUT2D eigenvalue weighted by Crippen LogP contribution is 2.51. The van der Waals surface area contributed by atoms with Gasteiger partial charge in [0, 0.05) is 0 Å². The van der Waals surface area contributed by atoms with E-state index < -0.39 is 0 Å². The van der Waals surface area contributed by atoms with Crippen molar-refractivity contribution >= 4 is 32.3 Å². The molecular formula is C59H46. The highest BCUT2D eigenvalue weighted by atomic mass is 14.3. The second-order valence-corrected chi connectivity index (χ2v) is 15.9. The van der Waals surface area contributed by atoms with Crippen LogP contribution in [0.1, 0.15) is 37.3 Å². The van der Waals surface area contributed by atoms with Gasteiger partial charge in [-0.05, 0) is 136 Å². The lowest BCUT2D eigenvalue weighted by molar-refractivity contribution is 0.735. The van der Waals surface area contributed by atoms with Crippen LogP contribution in [0.3, 0.4) is 0 Å². The van der Waals surface area contributed by atoms with Gasteiger partial charge in [0.2, 0.25) is 0 Å². The molecule has 0 aliphatic heterocycles. The molecule has 0 N–H and O–H groups in total. The van der Waals surface area contributed by atoms with Crippen LogP contribution < -0.4 is 0 Å². The van der Waals surface area contributed by atoms with Crippen molar-refractivity contribution in [2.45, 2.75) is 33.1 Å². The molecule has 0 nitrogen and oxygen atoms in total. The number of aryl methyl sites for hydroxylation is 1. The lowest BCUT2D eigenvalue weighted by atomic mass is 9.78. The van der Waals surface area contributed by atoms with Gasteiger partial charge in [-0.25, -0.2) is 0 Å². The van der Waals surface area contributed by atoms with Gasteiger partial charge in [0.05, 0.1) is 0 Å². The standard InChI is InChI=1S/C59H46/c1-4-39(2)45-33-19-34-47(44-26-18-25-43(38-44)41-21-7-5-8-22-41)59(45)56-40(3)20-17-35-55(56)58-52-31-15-13-29-50(52)57(51-30-14-16-32-53(51)58)54-37-36-46(42-23-9-6-10-24-42)48-27-11-12-28-49(48)54/h5-39H,4H2,1-3H3. The minimum absolute atomic E-state index is 0.373. The maximum Gasteiger partial charge on any atom is -0.00200 e. The Morgan fingerprint density at radius 2 is 0.780 bits per heavy atom. The van der Waals surface area contributed by atoms with Crippen LogP contribution in [0.25, 0.3) is 99.1 Å². The van der Waals surface area contributed by atoms with Gasteiger partial charge in [-0.3, -0.25) is 0 Å². The van der Waals surface area contributed by atoms with Crippen molar-refractivity contribution in [2.75, 3.05) is 0 Å². The Morgan fingerprint density at radius 1 is 0.322 bits per heavy atom. The Balaban J connectivity index is 1.27. The SMILES string of the molecule is CCC(C)c1cccc(-c2cccc(-c3ccccc3)c2)c1-c1c(C)cccc1-c1c2ccccc2c(-c2ccc(-c3ccccc3)c3ccccc23)c2ccccc12. The van der Waals surface area contributed by atoms with E-state index in [0.717, 1.165) is 6.42 Å². The van der Waals surface area contributed by atoms with E-state index in [1.807, 2.05) is 0 Å². The molecule has 59 heavy (non-hydrogen) atoms. The van der Waals surface area contributed by atoms with E-state index in [0.29, 0.717) is 5.92 Å². The second-order valence-electron chi connectivity index (χ2n) is 15.9. The van der Waals surface area contributed by atoms with Gasteiger partial charge in [-0.15, -0.1) is 0 Å². The third-order valence-corrected chi connectivity index (χ3v) is 12.5. The maximum absolute atomic E-state index is 2.38. The zero-order valence-electron chi connectivity index (χ0n) is 33.9. The summed E-state index contributed by atoms with van der Waals surface area (Å²) in [5, 5.41) is 7.57. The van der Waals surface area contributed by atoms with Gasteiger partial charge in [-0.1, -0.05) is 214 Å². The lowest BCUT2D eigenvalue weighted by Gasteiger charge is -2.25. The van der Waals surface area contributed by atoms with Crippen molar-refractivity contribution in [1.82, 2.24) is 0 Å². The summed E-state index contributed by atoms with van der Waals surface area (Å²) in [5.41, 5.74) is 17.8. The number of rotatable bonds is 8. The van der Waals surface area contributed by atoms with E-state index in [-0.39, 0.29) is 0 Å². The Bertz CT molecular complexity index is 3090. The van der Waals surface area contributed by atoms with Crippen molar-refractivity contribution < 1.29 is 0 Å². The van der Waals surface area contributed by atoms with E-state index in [4.69, 9.17) is 0 Å². The van der Waals surface area contributed by atoms with E-state index in [9.17, 15) is 0 Å². The summed E-state index contributed by atoms with van der Waals surface area (Å²) >= 11 is 0. The minimum Gasteiger partial charge on any atom is -0.0648 e. The highest BCUT2D eigenvalue weighted by Gasteiger charge is 2.25. The Morgan fingerprint density at radius 3 is 1.41 bits per heavy atom. The molecule has 0 aliphatic rings. The summed E-state index contributed by atoms with van der Waals surface area (Å²) in [6, 6.07) is 76.3. The van der Waals surface area contributed by atoms with Crippen LogP contribution in [0, 0.1) is 6.92 Å². The van der Waals surface area contributed by atoms with Crippen LogP contribution in [-0.2, 0) is 0 Å². The number of hydrogen-bond acceptors (Lipinski definition) is 0. The molecule has 1 atom stereocenters. The monoisotopic (exact) mass is 754 g/mol. The van der Waals surface area contributed by atoms with Crippen molar-refractivity contribution in [3.05, 3.63) is 217 Å². The Labute approximate surface area is 348 Å². The predicted octanol–water partition coefficient (Wildman–Crippen LogP) is 17.0. The number of hydrogen-bond donors (Lipinski definition) is 0. The molecule has 0 aliphatic carbocycles. The predicted molar refractivity (Wildman–Crippen MR) is 255 cm³/mol. The quantitative estimate of drug-likeness (QED) is 0.136. The molecule has 0 saturated heterocycles. The van der Waals surface area contributed by atoms with Crippen molar-refractivity contribution in [3.63, 3.8) is 0 Å². The summed E-state index contributed by atoms with van der Waals surface area (Å²) in [6.45, 7) is 7.00. The van der Waals surface area contributed by atoms with Crippen LogP contribution in [0.15, 0.2) is 206 Å². The molecule has 0 heteroatoms. The molecule has 0 spiro atoms. The first-order valence-electron chi connectivity index (χ1n) is 21.0. The fourth-order valence-corrected chi connectivity index (χ4v) is 9.52. The van der Waals surface area contributed by atoms with Crippen LogP contribution >= 0.6 is 0 Å². The summed E-state index contributed by atoms with van der Waals surface area (Å²) < 4.78 is 0. The van der Waals surface area contributed by atoms with Crippen LogP contribution in [0.2, 0.25) is 0 Å². The van der Waals surface area contributed by atoms with Crippen molar-refractivity contribution in [1.29, 1.82) is 0 Å². The van der Waals surface area contributed by atoms with Crippen molar-refractivity contribution in [3.8, 4) is 66.8 Å². The Hall–Kier alpha value is -7.02. The van der Waals surface area contributed by atoms with E-state index in [1.165, 1.54) is 110 Å². The largest absolute Gasteiger partial charge is 0.0648 e. The zero-order valence-corrected chi connectivity index (χ0v) is 33.9. The molecule has 0 radical (unpaired) electrons. The number of fused-ring (bicyclic) bond motifs is 3. The van der Waals surface area contributed by atoms with Gasteiger partial charge in [0.1, 0.15) is 0 Å². The molecule has 10 rings (SSSR count). The fourth-order valence-electron chi connectivity index (χ4n) is 9.52. The molecular weight excluding hydrogens is 709 g/mol. The third kappa shape index (κ3) is 6.33. The van der Waals surface area contributed by atoms with Gasteiger partial charge < -0.3 is 0 Å². The van der Waals surface area contributed by atoms with Crippen molar-refractivity contribution in [2.24, 2.45) is 0 Å². The molecule has 0 amide bonds. The van der Waals surface area contributed by atoms with Gasteiger partial charge >= 0.3 is 0 Å².